The van der Waals surface area contributed by atoms with Crippen LogP contribution in [0.15, 0.2) is 39.6 Å². The molecule has 1 atom stereocenters. The first-order valence-electron chi connectivity index (χ1n) is 6.70. The van der Waals surface area contributed by atoms with Crippen molar-refractivity contribution in [3.8, 4) is 11.3 Å². The number of hydrogen-bond donors (Lipinski definition) is 1. The van der Waals surface area contributed by atoms with E-state index < -0.39 is 0 Å². The average molecular weight is 335 g/mol. The smallest absolute Gasteiger partial charge is 0.265 e. The maximum atomic E-state index is 12.0. The summed E-state index contributed by atoms with van der Waals surface area (Å²) < 4.78 is 6.07. The highest BCUT2D eigenvalue weighted by Gasteiger charge is 2.19. The van der Waals surface area contributed by atoms with Crippen molar-refractivity contribution in [1.82, 2.24) is 9.97 Å². The molecular formula is C15H15BrN2O2. The second-order valence-electron chi connectivity index (χ2n) is 4.88. The molecule has 20 heavy (non-hydrogen) atoms. The number of nitrogens with zero attached hydrogens (tertiary/aromatic N) is 1. The van der Waals surface area contributed by atoms with Crippen molar-refractivity contribution < 1.29 is 4.74 Å². The predicted molar refractivity (Wildman–Crippen MR) is 80.7 cm³/mol. The van der Waals surface area contributed by atoms with Crippen molar-refractivity contribution in [1.29, 1.82) is 0 Å². The van der Waals surface area contributed by atoms with E-state index >= 15 is 0 Å². The SMILES string of the molecule is O=c1[nH]c(CC2CCCO2)nc(-c2ccccc2)c1Br. The number of hydrogen-bond acceptors (Lipinski definition) is 3. The molecule has 0 bridgehead atoms. The summed E-state index contributed by atoms with van der Waals surface area (Å²) >= 11 is 3.33. The molecule has 1 aromatic carbocycles. The minimum absolute atomic E-state index is 0.146. The van der Waals surface area contributed by atoms with Crippen molar-refractivity contribution in [2.75, 3.05) is 6.61 Å². The molecule has 2 aromatic rings. The molecule has 1 aliphatic heterocycles. The Morgan fingerprint density at radius 2 is 2.15 bits per heavy atom. The van der Waals surface area contributed by atoms with Crippen LogP contribution in [-0.2, 0) is 11.2 Å². The van der Waals surface area contributed by atoms with Crippen LogP contribution in [-0.4, -0.2) is 22.7 Å². The molecule has 0 saturated carbocycles. The molecule has 3 rings (SSSR count). The molecule has 0 spiro atoms. The standard InChI is InChI=1S/C15H15BrN2O2/c16-13-14(10-5-2-1-3-6-10)17-12(18-15(13)19)9-11-7-4-8-20-11/h1-3,5-6,11H,4,7-9H2,(H,17,18,19). The molecule has 2 heterocycles. The number of rotatable bonds is 3. The highest BCUT2D eigenvalue weighted by Crippen LogP contribution is 2.23. The number of halogens is 1. The van der Waals surface area contributed by atoms with Gasteiger partial charge < -0.3 is 9.72 Å². The van der Waals surface area contributed by atoms with Gasteiger partial charge in [-0.05, 0) is 28.8 Å². The fourth-order valence-corrected chi connectivity index (χ4v) is 2.83. The molecule has 1 N–H and O–H groups in total. The van der Waals surface area contributed by atoms with E-state index in [0.29, 0.717) is 22.4 Å². The number of aromatic amines is 1. The lowest BCUT2D eigenvalue weighted by atomic mass is 10.1. The Labute approximate surface area is 125 Å². The second kappa shape index (κ2) is 5.89. The van der Waals surface area contributed by atoms with Crippen LogP contribution in [0.2, 0.25) is 0 Å². The van der Waals surface area contributed by atoms with Gasteiger partial charge in [0.25, 0.3) is 5.56 Å². The van der Waals surface area contributed by atoms with Gasteiger partial charge in [-0.1, -0.05) is 30.3 Å². The van der Waals surface area contributed by atoms with Crippen molar-refractivity contribution in [2.45, 2.75) is 25.4 Å². The zero-order valence-electron chi connectivity index (χ0n) is 10.9. The summed E-state index contributed by atoms with van der Waals surface area (Å²) in [6.45, 7) is 0.803. The van der Waals surface area contributed by atoms with Crippen LogP contribution in [0.1, 0.15) is 18.7 Å². The Kier molecular flexibility index (Phi) is 3.98. The van der Waals surface area contributed by atoms with E-state index in [-0.39, 0.29) is 11.7 Å². The van der Waals surface area contributed by atoms with Crippen molar-refractivity contribution in [2.24, 2.45) is 0 Å². The van der Waals surface area contributed by atoms with Crippen LogP contribution in [0.5, 0.6) is 0 Å². The zero-order chi connectivity index (χ0) is 13.9. The fraction of sp³-hybridized carbons (Fsp3) is 0.333. The van der Waals surface area contributed by atoms with Gasteiger partial charge in [0.1, 0.15) is 10.3 Å². The van der Waals surface area contributed by atoms with Crippen LogP contribution in [0.3, 0.4) is 0 Å². The minimum Gasteiger partial charge on any atom is -0.378 e. The van der Waals surface area contributed by atoms with Crippen molar-refractivity contribution >= 4 is 15.9 Å². The summed E-state index contributed by atoms with van der Waals surface area (Å²) in [4.78, 5) is 19.4. The normalized spacial score (nSPS) is 18.4. The highest BCUT2D eigenvalue weighted by molar-refractivity contribution is 9.10. The zero-order valence-corrected chi connectivity index (χ0v) is 12.5. The number of benzene rings is 1. The third-order valence-electron chi connectivity index (χ3n) is 3.40. The van der Waals surface area contributed by atoms with E-state index in [1.54, 1.807) is 0 Å². The van der Waals surface area contributed by atoms with Gasteiger partial charge in [0.05, 0.1) is 11.8 Å². The first kappa shape index (κ1) is 13.5. The Bertz CT molecular complexity index is 649. The molecular weight excluding hydrogens is 320 g/mol. The molecule has 1 saturated heterocycles. The molecule has 1 fully saturated rings. The molecule has 0 aliphatic carbocycles. The van der Waals surface area contributed by atoms with Gasteiger partial charge >= 0.3 is 0 Å². The van der Waals surface area contributed by atoms with Crippen LogP contribution in [0, 0.1) is 0 Å². The first-order valence-corrected chi connectivity index (χ1v) is 7.49. The monoisotopic (exact) mass is 334 g/mol. The van der Waals surface area contributed by atoms with E-state index in [2.05, 4.69) is 25.9 Å². The average Bonchev–Trinajstić information content (AvgIpc) is 2.96. The van der Waals surface area contributed by atoms with Crippen molar-refractivity contribution in [3.63, 3.8) is 0 Å². The Hall–Kier alpha value is -1.46. The van der Waals surface area contributed by atoms with Crippen LogP contribution in [0.25, 0.3) is 11.3 Å². The largest absolute Gasteiger partial charge is 0.378 e. The van der Waals surface area contributed by atoms with E-state index in [9.17, 15) is 4.79 Å². The summed E-state index contributed by atoms with van der Waals surface area (Å²) in [6.07, 6.45) is 2.93. The van der Waals surface area contributed by atoms with Gasteiger partial charge in [0.15, 0.2) is 0 Å². The summed E-state index contributed by atoms with van der Waals surface area (Å²) in [7, 11) is 0. The fourth-order valence-electron chi connectivity index (χ4n) is 2.41. The second-order valence-corrected chi connectivity index (χ2v) is 5.67. The molecule has 0 radical (unpaired) electrons. The molecule has 0 amide bonds. The Morgan fingerprint density at radius 3 is 2.85 bits per heavy atom. The maximum absolute atomic E-state index is 12.0. The van der Waals surface area contributed by atoms with E-state index in [1.165, 1.54) is 0 Å². The topological polar surface area (TPSA) is 55.0 Å². The van der Waals surface area contributed by atoms with Gasteiger partial charge in [0, 0.05) is 18.6 Å². The Balaban J connectivity index is 1.97. The predicted octanol–water partition coefficient (Wildman–Crippen LogP) is 2.92. The number of H-pyrrole nitrogens is 1. The third-order valence-corrected chi connectivity index (χ3v) is 4.14. The number of nitrogens with one attached hydrogen (secondary N) is 1. The molecule has 5 heteroatoms. The van der Waals surface area contributed by atoms with E-state index in [1.807, 2.05) is 30.3 Å². The number of ether oxygens (including phenoxy) is 1. The van der Waals surface area contributed by atoms with Crippen LogP contribution in [0.4, 0.5) is 0 Å². The summed E-state index contributed by atoms with van der Waals surface area (Å²) in [5.41, 5.74) is 1.47. The lowest BCUT2D eigenvalue weighted by Crippen LogP contribution is -2.18. The lowest BCUT2D eigenvalue weighted by Gasteiger charge is -2.10. The summed E-state index contributed by atoms with van der Waals surface area (Å²) in [6, 6.07) is 9.71. The van der Waals surface area contributed by atoms with E-state index in [4.69, 9.17) is 4.74 Å². The van der Waals surface area contributed by atoms with Gasteiger partial charge in [-0.2, -0.15) is 0 Å². The van der Waals surface area contributed by atoms with Gasteiger partial charge in [0.2, 0.25) is 0 Å². The molecule has 1 unspecified atom stereocenters. The van der Waals surface area contributed by atoms with Crippen LogP contribution >= 0.6 is 15.9 Å². The maximum Gasteiger partial charge on any atom is 0.265 e. The molecule has 4 nitrogen and oxygen atoms in total. The molecule has 1 aromatic heterocycles. The summed E-state index contributed by atoms with van der Waals surface area (Å²) in [5.74, 6) is 0.684. The van der Waals surface area contributed by atoms with Gasteiger partial charge in [-0.25, -0.2) is 4.98 Å². The van der Waals surface area contributed by atoms with E-state index in [0.717, 1.165) is 25.0 Å². The third kappa shape index (κ3) is 2.83. The van der Waals surface area contributed by atoms with Crippen LogP contribution < -0.4 is 5.56 Å². The molecule has 104 valence electrons. The van der Waals surface area contributed by atoms with Crippen molar-refractivity contribution in [3.05, 3.63) is 51.0 Å². The Morgan fingerprint density at radius 1 is 1.35 bits per heavy atom. The summed E-state index contributed by atoms with van der Waals surface area (Å²) in [5, 5.41) is 0. The first-order chi connectivity index (χ1) is 9.74. The number of aromatic nitrogens is 2. The molecule has 1 aliphatic rings. The highest BCUT2D eigenvalue weighted by atomic mass is 79.9. The van der Waals surface area contributed by atoms with Gasteiger partial charge in [-0.15, -0.1) is 0 Å². The van der Waals surface area contributed by atoms with Gasteiger partial charge in [-0.3, -0.25) is 4.79 Å². The quantitative estimate of drug-likeness (QED) is 0.938. The lowest BCUT2D eigenvalue weighted by molar-refractivity contribution is 0.110. The minimum atomic E-state index is -0.146.